The lowest BCUT2D eigenvalue weighted by Gasteiger charge is -2.15. The van der Waals surface area contributed by atoms with Gasteiger partial charge in [-0.1, -0.05) is 0 Å². The first-order valence-electron chi connectivity index (χ1n) is 6.76. The molecule has 0 saturated carbocycles. The van der Waals surface area contributed by atoms with Crippen molar-refractivity contribution in [2.24, 2.45) is 5.84 Å². The molecule has 0 aromatic carbocycles. The quantitative estimate of drug-likeness (QED) is 0.538. The zero-order chi connectivity index (χ0) is 15.2. The number of ether oxygens (including phenoxy) is 1. The molecule has 0 aliphatic carbocycles. The van der Waals surface area contributed by atoms with Gasteiger partial charge in [-0.3, -0.25) is 0 Å². The number of rotatable bonds is 7. The lowest BCUT2D eigenvalue weighted by molar-refractivity contribution is 0.178. The normalized spacial score (nSPS) is 12.2. The van der Waals surface area contributed by atoms with E-state index >= 15 is 0 Å². The summed E-state index contributed by atoms with van der Waals surface area (Å²) in [5.74, 6) is 7.34. The SMILES string of the molecule is COCc1nc(NN)cc(NC(C)Cc2ccc(C)s2)n1. The van der Waals surface area contributed by atoms with Gasteiger partial charge in [0.05, 0.1) is 0 Å². The van der Waals surface area contributed by atoms with Crippen LogP contribution in [0.5, 0.6) is 0 Å². The summed E-state index contributed by atoms with van der Waals surface area (Å²) in [5, 5.41) is 3.38. The number of thiophene rings is 1. The first kappa shape index (κ1) is 15.7. The largest absolute Gasteiger partial charge is 0.377 e. The molecule has 0 fully saturated rings. The molecule has 4 N–H and O–H groups in total. The Hall–Kier alpha value is -1.70. The van der Waals surface area contributed by atoms with Crippen molar-refractivity contribution in [3.8, 4) is 0 Å². The molecule has 0 aliphatic heterocycles. The van der Waals surface area contributed by atoms with Crippen LogP contribution in [0.15, 0.2) is 18.2 Å². The number of nitrogens with one attached hydrogen (secondary N) is 2. The Morgan fingerprint density at radius 3 is 2.71 bits per heavy atom. The molecule has 0 radical (unpaired) electrons. The van der Waals surface area contributed by atoms with Gasteiger partial charge in [0.15, 0.2) is 5.82 Å². The van der Waals surface area contributed by atoms with E-state index in [1.165, 1.54) is 9.75 Å². The highest BCUT2D eigenvalue weighted by atomic mass is 32.1. The van der Waals surface area contributed by atoms with Gasteiger partial charge in [0.2, 0.25) is 0 Å². The van der Waals surface area contributed by atoms with Crippen LogP contribution < -0.4 is 16.6 Å². The van der Waals surface area contributed by atoms with Crippen LogP contribution in [0.2, 0.25) is 0 Å². The summed E-state index contributed by atoms with van der Waals surface area (Å²) < 4.78 is 5.07. The Kier molecular flexibility index (Phi) is 5.49. The number of nitrogens with two attached hydrogens (primary N) is 1. The zero-order valence-electron chi connectivity index (χ0n) is 12.5. The van der Waals surface area contributed by atoms with E-state index in [0.717, 1.165) is 12.2 Å². The van der Waals surface area contributed by atoms with Gasteiger partial charge in [0.1, 0.15) is 18.2 Å². The van der Waals surface area contributed by atoms with Crippen molar-refractivity contribution in [3.63, 3.8) is 0 Å². The van der Waals surface area contributed by atoms with Gasteiger partial charge in [0.25, 0.3) is 0 Å². The average Bonchev–Trinajstić information content (AvgIpc) is 2.83. The Bertz CT molecular complexity index is 586. The molecule has 0 amide bonds. The summed E-state index contributed by atoms with van der Waals surface area (Å²) in [6.07, 6.45) is 0.952. The standard InChI is InChI=1S/C14H21N5OS/c1-9(6-11-5-4-10(2)21-11)16-12-7-13(19-15)18-14(17-12)8-20-3/h4-5,7,9H,6,8,15H2,1-3H3,(H2,16,17,18,19). The summed E-state index contributed by atoms with van der Waals surface area (Å²) >= 11 is 1.82. The molecule has 2 rings (SSSR count). The number of hydrogen-bond donors (Lipinski definition) is 3. The molecule has 2 aromatic rings. The highest BCUT2D eigenvalue weighted by Gasteiger charge is 2.09. The summed E-state index contributed by atoms with van der Waals surface area (Å²) in [7, 11) is 1.61. The maximum atomic E-state index is 5.43. The fourth-order valence-electron chi connectivity index (χ4n) is 2.04. The monoisotopic (exact) mass is 307 g/mol. The number of aryl methyl sites for hydroxylation is 1. The molecule has 0 bridgehead atoms. The molecule has 114 valence electrons. The molecule has 21 heavy (non-hydrogen) atoms. The van der Waals surface area contributed by atoms with Crippen LogP contribution in [0.4, 0.5) is 11.6 Å². The third-order valence-electron chi connectivity index (χ3n) is 2.89. The molecule has 7 heteroatoms. The highest BCUT2D eigenvalue weighted by molar-refractivity contribution is 7.11. The molecule has 1 atom stereocenters. The summed E-state index contributed by atoms with van der Waals surface area (Å²) in [6.45, 7) is 4.60. The maximum absolute atomic E-state index is 5.43. The van der Waals surface area contributed by atoms with E-state index in [4.69, 9.17) is 10.6 Å². The number of nitrogen functional groups attached to an aromatic ring is 1. The number of anilines is 2. The predicted molar refractivity (Wildman–Crippen MR) is 86.4 cm³/mol. The van der Waals surface area contributed by atoms with E-state index in [-0.39, 0.29) is 6.04 Å². The lowest BCUT2D eigenvalue weighted by Crippen LogP contribution is -2.20. The molecule has 1 unspecified atom stereocenters. The molecule has 2 aromatic heterocycles. The van der Waals surface area contributed by atoms with E-state index in [1.807, 2.05) is 11.3 Å². The second-order valence-electron chi connectivity index (χ2n) is 4.89. The van der Waals surface area contributed by atoms with Crippen molar-refractivity contribution >= 4 is 23.0 Å². The predicted octanol–water partition coefficient (Wildman–Crippen LogP) is 2.32. The van der Waals surface area contributed by atoms with Gasteiger partial charge in [-0.25, -0.2) is 15.8 Å². The zero-order valence-corrected chi connectivity index (χ0v) is 13.3. The minimum atomic E-state index is 0.263. The van der Waals surface area contributed by atoms with Crippen molar-refractivity contribution in [2.75, 3.05) is 17.9 Å². The Balaban J connectivity index is 2.05. The van der Waals surface area contributed by atoms with Gasteiger partial charge < -0.3 is 15.5 Å². The Morgan fingerprint density at radius 2 is 2.10 bits per heavy atom. The lowest BCUT2D eigenvalue weighted by atomic mass is 10.2. The van der Waals surface area contributed by atoms with Gasteiger partial charge >= 0.3 is 0 Å². The van der Waals surface area contributed by atoms with E-state index in [1.54, 1.807) is 13.2 Å². The van der Waals surface area contributed by atoms with Gasteiger partial charge in [0, 0.05) is 35.4 Å². The molecular formula is C14H21N5OS. The van der Waals surface area contributed by atoms with E-state index in [9.17, 15) is 0 Å². The van der Waals surface area contributed by atoms with Gasteiger partial charge in [-0.05, 0) is 26.0 Å². The first-order chi connectivity index (χ1) is 10.1. The maximum Gasteiger partial charge on any atom is 0.158 e. The first-order valence-corrected chi connectivity index (χ1v) is 7.57. The smallest absolute Gasteiger partial charge is 0.158 e. The fourth-order valence-corrected chi connectivity index (χ4v) is 3.06. The summed E-state index contributed by atoms with van der Waals surface area (Å²) in [5.41, 5.74) is 2.55. The van der Waals surface area contributed by atoms with Crippen molar-refractivity contribution in [2.45, 2.75) is 32.9 Å². The highest BCUT2D eigenvalue weighted by Crippen LogP contribution is 2.19. The van der Waals surface area contributed by atoms with Crippen molar-refractivity contribution < 1.29 is 4.74 Å². The molecule has 2 heterocycles. The van der Waals surface area contributed by atoms with Crippen molar-refractivity contribution in [1.29, 1.82) is 0 Å². The molecule has 0 aliphatic rings. The molecule has 0 saturated heterocycles. The molecule has 6 nitrogen and oxygen atoms in total. The topological polar surface area (TPSA) is 85.1 Å². The van der Waals surface area contributed by atoms with Crippen LogP contribution in [0, 0.1) is 6.92 Å². The van der Waals surface area contributed by atoms with Crippen LogP contribution in [0.1, 0.15) is 22.5 Å². The number of hydrazine groups is 1. The Labute approximate surface area is 128 Å². The third kappa shape index (κ3) is 4.66. The van der Waals surface area contributed by atoms with Crippen molar-refractivity contribution in [3.05, 3.63) is 33.8 Å². The van der Waals surface area contributed by atoms with Crippen LogP contribution in [0.3, 0.4) is 0 Å². The van der Waals surface area contributed by atoms with Gasteiger partial charge in [-0.2, -0.15) is 0 Å². The summed E-state index contributed by atoms with van der Waals surface area (Å²) in [6, 6.07) is 6.36. The van der Waals surface area contributed by atoms with Crippen LogP contribution in [-0.2, 0) is 17.8 Å². The number of nitrogens with zero attached hydrogens (tertiary/aromatic N) is 2. The van der Waals surface area contributed by atoms with Crippen LogP contribution >= 0.6 is 11.3 Å². The van der Waals surface area contributed by atoms with E-state index < -0.39 is 0 Å². The second kappa shape index (κ2) is 7.35. The average molecular weight is 307 g/mol. The third-order valence-corrected chi connectivity index (χ3v) is 3.91. The number of methoxy groups -OCH3 is 1. The fraction of sp³-hybridized carbons (Fsp3) is 0.429. The Morgan fingerprint density at radius 1 is 1.33 bits per heavy atom. The minimum Gasteiger partial charge on any atom is -0.377 e. The van der Waals surface area contributed by atoms with Crippen LogP contribution in [0.25, 0.3) is 0 Å². The molecule has 0 spiro atoms. The van der Waals surface area contributed by atoms with Crippen molar-refractivity contribution in [1.82, 2.24) is 9.97 Å². The summed E-state index contributed by atoms with van der Waals surface area (Å²) in [4.78, 5) is 11.3. The second-order valence-corrected chi connectivity index (χ2v) is 6.27. The van der Waals surface area contributed by atoms with E-state index in [0.29, 0.717) is 18.2 Å². The number of aromatic nitrogens is 2. The van der Waals surface area contributed by atoms with Gasteiger partial charge in [-0.15, -0.1) is 11.3 Å². The molecular weight excluding hydrogens is 286 g/mol. The van der Waals surface area contributed by atoms with Crippen LogP contribution in [-0.4, -0.2) is 23.1 Å². The minimum absolute atomic E-state index is 0.263. The van der Waals surface area contributed by atoms with E-state index in [2.05, 4.69) is 46.7 Å². The number of hydrogen-bond acceptors (Lipinski definition) is 7.